The number of nitrogens with zero attached hydrogens (tertiary/aromatic N) is 1. The lowest BCUT2D eigenvalue weighted by atomic mass is 10.0. The predicted molar refractivity (Wildman–Crippen MR) is 51.8 cm³/mol. The lowest BCUT2D eigenvalue weighted by Crippen LogP contribution is -2.19. The number of oxime groups is 1. The van der Waals surface area contributed by atoms with Gasteiger partial charge in [-0.25, -0.2) is 4.79 Å². The molecule has 0 aliphatic carbocycles. The fourth-order valence-corrected chi connectivity index (χ4v) is 1.39. The van der Waals surface area contributed by atoms with Gasteiger partial charge in [0.15, 0.2) is 0 Å². The van der Waals surface area contributed by atoms with Gasteiger partial charge in [0.2, 0.25) is 6.10 Å². The highest BCUT2D eigenvalue weighted by molar-refractivity contribution is 6.05. The van der Waals surface area contributed by atoms with Gasteiger partial charge in [-0.3, -0.25) is 0 Å². The predicted octanol–water partition coefficient (Wildman–Crippen LogP) is 0.970. The first-order valence-electron chi connectivity index (χ1n) is 4.42. The van der Waals surface area contributed by atoms with Crippen LogP contribution in [0.3, 0.4) is 0 Å². The van der Waals surface area contributed by atoms with Crippen LogP contribution in [0.15, 0.2) is 29.4 Å². The monoisotopic (exact) mass is 207 g/mol. The zero-order valence-corrected chi connectivity index (χ0v) is 7.75. The van der Waals surface area contributed by atoms with E-state index in [4.69, 9.17) is 9.94 Å². The van der Waals surface area contributed by atoms with Crippen LogP contribution in [0.4, 0.5) is 0 Å². The summed E-state index contributed by atoms with van der Waals surface area (Å²) in [6.07, 6.45) is -0.771. The Morgan fingerprint density at radius 2 is 2.20 bits per heavy atom. The van der Waals surface area contributed by atoms with E-state index in [-0.39, 0.29) is 12.2 Å². The molecule has 0 fully saturated rings. The van der Waals surface area contributed by atoms with Crippen LogP contribution in [0.1, 0.15) is 12.0 Å². The number of benzene rings is 1. The fourth-order valence-electron chi connectivity index (χ4n) is 1.39. The minimum absolute atomic E-state index is 0.0749. The Bertz CT molecular complexity index is 427. The molecule has 1 heterocycles. The molecule has 0 saturated carbocycles. The van der Waals surface area contributed by atoms with Crippen molar-refractivity contribution in [1.29, 1.82) is 0 Å². The van der Waals surface area contributed by atoms with Crippen molar-refractivity contribution in [3.8, 4) is 5.75 Å². The number of carbonyl (C=O) groups is 1. The van der Waals surface area contributed by atoms with E-state index in [1.54, 1.807) is 18.2 Å². The molecule has 1 atom stereocenters. The molecule has 5 nitrogen and oxygen atoms in total. The van der Waals surface area contributed by atoms with Crippen LogP contribution < -0.4 is 0 Å². The van der Waals surface area contributed by atoms with Crippen LogP contribution in [0.5, 0.6) is 5.75 Å². The highest BCUT2D eigenvalue weighted by atomic mass is 16.7. The van der Waals surface area contributed by atoms with E-state index < -0.39 is 12.1 Å². The maximum atomic E-state index is 10.6. The molecule has 0 amide bonds. The molecule has 15 heavy (non-hydrogen) atoms. The van der Waals surface area contributed by atoms with Crippen molar-refractivity contribution in [2.75, 3.05) is 0 Å². The number of aromatic hydroxyl groups is 1. The van der Waals surface area contributed by atoms with E-state index in [0.29, 0.717) is 11.3 Å². The van der Waals surface area contributed by atoms with Gasteiger partial charge in [-0.15, -0.1) is 0 Å². The SMILES string of the molecule is O=C(O)[C@H]1CC(c2ccccc2O)=NO1. The number of hydrogen-bond donors (Lipinski definition) is 2. The average Bonchev–Trinajstić information content (AvgIpc) is 2.67. The normalized spacial score (nSPS) is 19.5. The maximum Gasteiger partial charge on any atom is 0.348 e. The third kappa shape index (κ3) is 1.76. The van der Waals surface area contributed by atoms with E-state index in [9.17, 15) is 9.90 Å². The largest absolute Gasteiger partial charge is 0.507 e. The summed E-state index contributed by atoms with van der Waals surface area (Å²) in [5, 5.41) is 21.8. The van der Waals surface area contributed by atoms with E-state index in [1.165, 1.54) is 6.07 Å². The Balaban J connectivity index is 2.21. The van der Waals surface area contributed by atoms with Crippen molar-refractivity contribution in [1.82, 2.24) is 0 Å². The molecule has 1 aliphatic rings. The molecule has 5 heteroatoms. The Kier molecular flexibility index (Phi) is 2.29. The Labute approximate surface area is 85.6 Å². The van der Waals surface area contributed by atoms with Crippen molar-refractivity contribution in [3.05, 3.63) is 29.8 Å². The van der Waals surface area contributed by atoms with Gasteiger partial charge in [0.1, 0.15) is 5.75 Å². The molecule has 0 aromatic heterocycles. The second-order valence-corrected chi connectivity index (χ2v) is 3.19. The first-order valence-corrected chi connectivity index (χ1v) is 4.42. The van der Waals surface area contributed by atoms with Gasteiger partial charge >= 0.3 is 5.97 Å². The van der Waals surface area contributed by atoms with Crippen LogP contribution in [-0.2, 0) is 9.63 Å². The standard InChI is InChI=1S/C10H9NO4/c12-8-4-2-1-3-6(8)7-5-9(10(13)14)15-11-7/h1-4,9,12H,5H2,(H,13,14)/t9-/m1/s1. The third-order valence-corrected chi connectivity index (χ3v) is 2.16. The van der Waals surface area contributed by atoms with Gasteiger partial charge in [-0.2, -0.15) is 0 Å². The number of rotatable bonds is 2. The van der Waals surface area contributed by atoms with Gasteiger partial charge in [0.25, 0.3) is 0 Å². The summed E-state index contributed by atoms with van der Waals surface area (Å²) < 4.78 is 0. The number of phenolic OH excluding ortho intramolecular Hbond substituents is 1. The van der Waals surface area contributed by atoms with Gasteiger partial charge in [0.05, 0.1) is 5.71 Å². The summed E-state index contributed by atoms with van der Waals surface area (Å²) in [6.45, 7) is 0. The summed E-state index contributed by atoms with van der Waals surface area (Å²) in [5.41, 5.74) is 0.974. The van der Waals surface area contributed by atoms with E-state index in [0.717, 1.165) is 0 Å². The van der Waals surface area contributed by atoms with Gasteiger partial charge < -0.3 is 15.1 Å². The van der Waals surface area contributed by atoms with Gasteiger partial charge in [-0.1, -0.05) is 17.3 Å². The van der Waals surface area contributed by atoms with Crippen molar-refractivity contribution < 1.29 is 19.8 Å². The van der Waals surface area contributed by atoms with Gasteiger partial charge in [-0.05, 0) is 12.1 Å². The molecule has 1 aliphatic heterocycles. The Hall–Kier alpha value is -2.04. The van der Waals surface area contributed by atoms with Crippen LogP contribution in [0.2, 0.25) is 0 Å². The summed E-state index contributed by atoms with van der Waals surface area (Å²) in [6, 6.07) is 6.61. The lowest BCUT2D eigenvalue weighted by molar-refractivity contribution is -0.148. The number of carboxylic acids is 1. The first-order chi connectivity index (χ1) is 7.18. The molecule has 1 aromatic rings. The van der Waals surface area contributed by atoms with Crippen molar-refractivity contribution >= 4 is 11.7 Å². The second kappa shape index (κ2) is 3.61. The summed E-state index contributed by atoms with van der Waals surface area (Å²) in [5.74, 6) is -0.977. The molecule has 2 N–H and O–H groups in total. The minimum Gasteiger partial charge on any atom is -0.507 e. The van der Waals surface area contributed by atoms with Crippen molar-refractivity contribution in [3.63, 3.8) is 0 Å². The summed E-state index contributed by atoms with van der Waals surface area (Å²) >= 11 is 0. The molecule has 0 saturated heterocycles. The zero-order valence-electron chi connectivity index (χ0n) is 7.75. The minimum atomic E-state index is -1.05. The Morgan fingerprint density at radius 1 is 1.47 bits per heavy atom. The van der Waals surface area contributed by atoms with Gasteiger partial charge in [0, 0.05) is 12.0 Å². The molecule has 78 valence electrons. The van der Waals surface area contributed by atoms with E-state index in [2.05, 4.69) is 5.16 Å². The molecule has 2 rings (SSSR count). The molecule has 0 unspecified atom stereocenters. The Morgan fingerprint density at radius 3 is 2.80 bits per heavy atom. The highest BCUT2D eigenvalue weighted by Crippen LogP contribution is 2.23. The number of para-hydroxylation sites is 1. The lowest BCUT2D eigenvalue weighted by Gasteiger charge is -2.01. The molecule has 0 spiro atoms. The first kappa shape index (κ1) is 9.51. The number of phenols is 1. The maximum absolute atomic E-state index is 10.6. The molecule has 1 aromatic carbocycles. The third-order valence-electron chi connectivity index (χ3n) is 2.16. The highest BCUT2D eigenvalue weighted by Gasteiger charge is 2.29. The van der Waals surface area contributed by atoms with Crippen molar-refractivity contribution in [2.45, 2.75) is 12.5 Å². The van der Waals surface area contributed by atoms with Crippen molar-refractivity contribution in [2.24, 2.45) is 5.16 Å². The average molecular weight is 207 g/mol. The van der Waals surface area contributed by atoms with E-state index >= 15 is 0 Å². The quantitative estimate of drug-likeness (QED) is 0.757. The summed E-state index contributed by atoms with van der Waals surface area (Å²) in [4.78, 5) is 15.3. The zero-order chi connectivity index (χ0) is 10.8. The molecular weight excluding hydrogens is 198 g/mol. The van der Waals surface area contributed by atoms with E-state index in [1.807, 2.05) is 0 Å². The smallest absolute Gasteiger partial charge is 0.348 e. The molecule has 0 bridgehead atoms. The molecule has 0 radical (unpaired) electrons. The second-order valence-electron chi connectivity index (χ2n) is 3.19. The van der Waals surface area contributed by atoms with Crippen LogP contribution >= 0.6 is 0 Å². The number of carboxylic acid groups (broad SMARTS) is 1. The van der Waals surface area contributed by atoms with Crippen LogP contribution in [-0.4, -0.2) is 28.0 Å². The number of aliphatic carboxylic acids is 1. The fraction of sp³-hybridized carbons (Fsp3) is 0.200. The number of hydrogen-bond acceptors (Lipinski definition) is 4. The summed E-state index contributed by atoms with van der Waals surface area (Å²) in [7, 11) is 0. The van der Waals surface area contributed by atoms with Crippen LogP contribution in [0, 0.1) is 0 Å². The topological polar surface area (TPSA) is 79.1 Å². The van der Waals surface area contributed by atoms with Crippen LogP contribution in [0.25, 0.3) is 0 Å². The molecular formula is C10H9NO4.